The highest BCUT2D eigenvalue weighted by atomic mass is 35.5. The molecule has 172 valence electrons. The van der Waals surface area contributed by atoms with Gasteiger partial charge in [-0.25, -0.2) is 9.07 Å². The molecule has 4 rings (SSSR count). The summed E-state index contributed by atoms with van der Waals surface area (Å²) >= 11 is 11.9. The number of halogens is 2. The summed E-state index contributed by atoms with van der Waals surface area (Å²) in [5.74, 6) is 0.185. The van der Waals surface area contributed by atoms with Gasteiger partial charge in [0, 0.05) is 29.9 Å². The van der Waals surface area contributed by atoms with Gasteiger partial charge in [-0.1, -0.05) is 41.9 Å². The van der Waals surface area contributed by atoms with E-state index in [-0.39, 0.29) is 5.82 Å². The molecular weight excluding hydrogens is 459 g/mol. The van der Waals surface area contributed by atoms with Gasteiger partial charge in [-0.05, 0) is 56.9 Å². The molecule has 9 heteroatoms. The Kier molecular flexibility index (Phi) is 6.78. The Morgan fingerprint density at radius 3 is 2.45 bits per heavy atom. The van der Waals surface area contributed by atoms with Gasteiger partial charge in [0.05, 0.1) is 24.5 Å². The first kappa shape index (κ1) is 23.4. The molecule has 4 aromatic rings. The van der Waals surface area contributed by atoms with Gasteiger partial charge >= 0.3 is 0 Å². The van der Waals surface area contributed by atoms with Crippen LogP contribution in [0.15, 0.2) is 48.5 Å². The van der Waals surface area contributed by atoms with Crippen LogP contribution in [-0.4, -0.2) is 36.1 Å². The zero-order chi connectivity index (χ0) is 23.7. The first-order valence-corrected chi connectivity index (χ1v) is 11.4. The fourth-order valence-corrected chi connectivity index (χ4v) is 4.29. The van der Waals surface area contributed by atoms with Gasteiger partial charge in [-0.3, -0.25) is 9.58 Å². The molecule has 0 aliphatic heterocycles. The van der Waals surface area contributed by atoms with Crippen LogP contribution in [0.4, 0.5) is 4.39 Å². The minimum absolute atomic E-state index is 0.321. The summed E-state index contributed by atoms with van der Waals surface area (Å²) in [6, 6.07) is 14.4. The lowest BCUT2D eigenvalue weighted by atomic mass is 10.2. The highest BCUT2D eigenvalue weighted by Gasteiger charge is 2.17. The van der Waals surface area contributed by atoms with Crippen molar-refractivity contribution in [3.63, 3.8) is 0 Å². The molecule has 0 radical (unpaired) electrons. The fraction of sp³-hybridized carbons (Fsp3) is 0.292. The molecule has 0 unspecified atom stereocenters. The third-order valence-corrected chi connectivity index (χ3v) is 6.62. The number of benzene rings is 2. The number of aromatic nitrogens is 5. The first-order valence-electron chi connectivity index (χ1n) is 10.6. The largest absolute Gasteiger partial charge is 0.303 e. The summed E-state index contributed by atoms with van der Waals surface area (Å²) in [6.07, 6.45) is 0. The number of nitrogens with zero attached hydrogens (tertiary/aromatic N) is 6. The molecule has 0 aliphatic rings. The van der Waals surface area contributed by atoms with E-state index in [2.05, 4.69) is 16.9 Å². The van der Waals surface area contributed by atoms with Gasteiger partial charge in [0.15, 0.2) is 10.6 Å². The fourth-order valence-electron chi connectivity index (χ4n) is 3.91. The van der Waals surface area contributed by atoms with Crippen molar-refractivity contribution in [3.8, 4) is 11.4 Å². The normalized spacial score (nSPS) is 11.5. The predicted octanol–water partition coefficient (Wildman–Crippen LogP) is 5.36. The van der Waals surface area contributed by atoms with Crippen LogP contribution < -0.4 is 0 Å². The Morgan fingerprint density at radius 2 is 1.73 bits per heavy atom. The van der Waals surface area contributed by atoms with Crippen molar-refractivity contribution in [1.82, 2.24) is 29.0 Å². The Hall–Kier alpha value is -2.81. The molecule has 33 heavy (non-hydrogen) atoms. The summed E-state index contributed by atoms with van der Waals surface area (Å²) in [5, 5.41) is 10.1. The molecule has 0 aliphatic carbocycles. The molecular formula is C24H26ClFN6S. The third-order valence-electron chi connectivity index (χ3n) is 5.77. The molecule has 0 amide bonds. The second-order valence-electron chi connectivity index (χ2n) is 8.20. The molecule has 2 heterocycles. The number of aryl methyl sites for hydroxylation is 1. The zero-order valence-electron chi connectivity index (χ0n) is 19.1. The van der Waals surface area contributed by atoms with E-state index in [1.165, 1.54) is 6.07 Å². The Balaban J connectivity index is 1.53. The van der Waals surface area contributed by atoms with Crippen molar-refractivity contribution in [1.29, 1.82) is 0 Å². The number of rotatable bonds is 7. The number of hydrogen-bond acceptors (Lipinski definition) is 4. The van der Waals surface area contributed by atoms with E-state index in [9.17, 15) is 4.39 Å². The average molecular weight is 485 g/mol. The Morgan fingerprint density at radius 1 is 1.03 bits per heavy atom. The van der Waals surface area contributed by atoms with E-state index in [0.717, 1.165) is 27.5 Å². The van der Waals surface area contributed by atoms with E-state index in [4.69, 9.17) is 28.9 Å². The van der Waals surface area contributed by atoms with Crippen molar-refractivity contribution in [2.45, 2.75) is 33.6 Å². The summed E-state index contributed by atoms with van der Waals surface area (Å²) in [5.41, 5.74) is 4.69. The minimum Gasteiger partial charge on any atom is -0.303 e. The molecule has 0 bridgehead atoms. The predicted molar refractivity (Wildman–Crippen MR) is 131 cm³/mol. The summed E-state index contributed by atoms with van der Waals surface area (Å²) < 4.78 is 20.3. The van der Waals surface area contributed by atoms with Crippen molar-refractivity contribution in [2.75, 3.05) is 7.05 Å². The van der Waals surface area contributed by atoms with Crippen LogP contribution in [0.5, 0.6) is 0 Å². The van der Waals surface area contributed by atoms with Gasteiger partial charge in [0.25, 0.3) is 0 Å². The summed E-state index contributed by atoms with van der Waals surface area (Å²) in [4.78, 5) is 2.12. The monoisotopic (exact) mass is 484 g/mol. The molecule has 2 aromatic carbocycles. The molecule has 6 nitrogen and oxygen atoms in total. The summed E-state index contributed by atoms with van der Waals surface area (Å²) in [7, 11) is 3.81. The molecule has 0 spiro atoms. The van der Waals surface area contributed by atoms with Crippen molar-refractivity contribution >= 4 is 23.8 Å². The van der Waals surface area contributed by atoms with Gasteiger partial charge in [-0.2, -0.15) is 10.2 Å². The lowest BCUT2D eigenvalue weighted by Gasteiger charge is -2.17. The van der Waals surface area contributed by atoms with Crippen LogP contribution in [0.25, 0.3) is 11.4 Å². The summed E-state index contributed by atoms with van der Waals surface area (Å²) in [6.45, 7) is 5.85. The van der Waals surface area contributed by atoms with Gasteiger partial charge in [0.1, 0.15) is 5.82 Å². The van der Waals surface area contributed by atoms with Crippen molar-refractivity contribution < 1.29 is 4.39 Å². The van der Waals surface area contributed by atoms with Crippen molar-refractivity contribution in [3.05, 3.63) is 86.7 Å². The average Bonchev–Trinajstić information content (AvgIpc) is 3.20. The molecule has 0 saturated heterocycles. The Bertz CT molecular complexity index is 1360. The van der Waals surface area contributed by atoms with E-state index >= 15 is 0 Å². The third kappa shape index (κ3) is 4.78. The van der Waals surface area contributed by atoms with Gasteiger partial charge in [-0.15, -0.1) is 0 Å². The van der Waals surface area contributed by atoms with Gasteiger partial charge < -0.3 is 4.57 Å². The van der Waals surface area contributed by atoms with E-state index in [1.807, 2.05) is 42.9 Å². The van der Waals surface area contributed by atoms with E-state index in [0.29, 0.717) is 35.9 Å². The van der Waals surface area contributed by atoms with Crippen LogP contribution in [0.3, 0.4) is 0 Å². The molecule has 0 fully saturated rings. The topological polar surface area (TPSA) is 43.8 Å². The standard InChI is InChI=1S/C24H26ClFN6S/c1-16-20(17(2)31(27-16)13-18-9-5-7-11-21(18)25)14-29(3)15-32-24(33)30(4)23(28-32)19-10-6-8-12-22(19)26/h5-12H,13-15H2,1-4H3. The van der Waals surface area contributed by atoms with Crippen LogP contribution in [0.2, 0.25) is 5.02 Å². The van der Waals surface area contributed by atoms with Crippen LogP contribution in [0.1, 0.15) is 22.5 Å². The maximum absolute atomic E-state index is 14.3. The second kappa shape index (κ2) is 9.59. The maximum Gasteiger partial charge on any atom is 0.199 e. The van der Waals surface area contributed by atoms with Gasteiger partial charge in [0.2, 0.25) is 0 Å². The quantitative estimate of drug-likeness (QED) is 0.331. The number of hydrogen-bond donors (Lipinski definition) is 0. The maximum atomic E-state index is 14.3. The smallest absolute Gasteiger partial charge is 0.199 e. The SMILES string of the molecule is Cc1nn(Cc2ccccc2Cl)c(C)c1CN(C)Cn1nc(-c2ccccc2F)n(C)c1=S. The highest BCUT2D eigenvalue weighted by Crippen LogP contribution is 2.22. The van der Waals surface area contributed by atoms with E-state index in [1.54, 1.807) is 34.5 Å². The van der Waals surface area contributed by atoms with Crippen LogP contribution in [-0.2, 0) is 26.8 Å². The molecule has 0 atom stereocenters. The minimum atomic E-state index is -0.321. The molecule has 2 aromatic heterocycles. The first-order chi connectivity index (χ1) is 15.8. The van der Waals surface area contributed by atoms with Crippen molar-refractivity contribution in [2.24, 2.45) is 7.05 Å². The lowest BCUT2D eigenvalue weighted by molar-refractivity contribution is 0.243. The van der Waals surface area contributed by atoms with Crippen LogP contribution >= 0.6 is 23.8 Å². The highest BCUT2D eigenvalue weighted by molar-refractivity contribution is 7.71. The van der Waals surface area contributed by atoms with E-state index < -0.39 is 0 Å². The Labute approximate surface area is 202 Å². The molecule has 0 saturated carbocycles. The lowest BCUT2D eigenvalue weighted by Crippen LogP contribution is -2.23. The zero-order valence-corrected chi connectivity index (χ0v) is 20.7. The van der Waals surface area contributed by atoms with Crippen LogP contribution in [0, 0.1) is 24.4 Å². The second-order valence-corrected chi connectivity index (χ2v) is 8.97. The molecule has 0 N–H and O–H groups in total.